The molecule has 3 nitrogen and oxygen atoms in total. The van der Waals surface area contributed by atoms with Crippen molar-refractivity contribution in [1.82, 2.24) is 9.55 Å². The van der Waals surface area contributed by atoms with Gasteiger partial charge in [0.2, 0.25) is 0 Å². The van der Waals surface area contributed by atoms with Gasteiger partial charge in [0.1, 0.15) is 5.82 Å². The van der Waals surface area contributed by atoms with Crippen LogP contribution < -0.4 is 5.73 Å². The van der Waals surface area contributed by atoms with E-state index in [0.29, 0.717) is 0 Å². The number of rotatable bonds is 2. The summed E-state index contributed by atoms with van der Waals surface area (Å²) in [6.07, 6.45) is 0. The summed E-state index contributed by atoms with van der Waals surface area (Å²) in [5, 5.41) is 0.730. The zero-order valence-corrected chi connectivity index (χ0v) is 13.1. The molecule has 0 unspecified atom stereocenters. The molecular weight excluding hydrogens is 282 g/mol. The van der Waals surface area contributed by atoms with Gasteiger partial charge in [-0.3, -0.25) is 0 Å². The van der Waals surface area contributed by atoms with Gasteiger partial charge in [-0.2, -0.15) is 0 Å². The number of halogens is 1. The minimum Gasteiger partial charge on any atom is -0.399 e. The van der Waals surface area contributed by atoms with E-state index in [2.05, 4.69) is 25.3 Å². The molecule has 0 spiro atoms. The van der Waals surface area contributed by atoms with Gasteiger partial charge in [-0.15, -0.1) is 0 Å². The van der Waals surface area contributed by atoms with E-state index in [1.54, 1.807) is 0 Å². The zero-order chi connectivity index (χ0) is 15.1. The first-order valence-electron chi connectivity index (χ1n) is 7.02. The number of para-hydroxylation sites is 1. The van der Waals surface area contributed by atoms with Gasteiger partial charge < -0.3 is 10.3 Å². The third kappa shape index (κ3) is 2.28. The maximum atomic E-state index is 6.39. The molecule has 0 amide bonds. The molecule has 2 N–H and O–H groups in total. The molecule has 0 saturated heterocycles. The number of imidazole rings is 1. The van der Waals surface area contributed by atoms with Gasteiger partial charge >= 0.3 is 0 Å². The van der Waals surface area contributed by atoms with Gasteiger partial charge in [0, 0.05) is 17.3 Å². The summed E-state index contributed by atoms with van der Waals surface area (Å²) in [5.74, 6) is 0.936. The van der Waals surface area contributed by atoms with Crippen molar-refractivity contribution < 1.29 is 0 Å². The molecule has 3 aromatic rings. The number of aromatic nitrogens is 2. The lowest BCUT2D eigenvalue weighted by Crippen LogP contribution is -2.04. The first-order chi connectivity index (χ1) is 9.99. The maximum Gasteiger partial charge on any atom is 0.141 e. The molecule has 21 heavy (non-hydrogen) atoms. The van der Waals surface area contributed by atoms with E-state index >= 15 is 0 Å². The molecule has 2 aromatic carbocycles. The number of nitrogen functional groups attached to an aromatic ring is 1. The summed E-state index contributed by atoms with van der Waals surface area (Å²) in [6.45, 7) is 6.33. The Morgan fingerprint density at radius 1 is 1.19 bits per heavy atom. The monoisotopic (exact) mass is 299 g/mol. The topological polar surface area (TPSA) is 43.8 Å². The smallest absolute Gasteiger partial charge is 0.141 e. The normalized spacial score (nSPS) is 11.5. The van der Waals surface area contributed by atoms with Crippen molar-refractivity contribution in [2.24, 2.45) is 0 Å². The van der Waals surface area contributed by atoms with E-state index in [1.165, 1.54) is 0 Å². The minimum atomic E-state index is 0.266. The van der Waals surface area contributed by atoms with E-state index in [4.69, 9.17) is 22.3 Å². The predicted octanol–water partition coefficient (Wildman–Crippen LogP) is 4.83. The van der Waals surface area contributed by atoms with Gasteiger partial charge in [0.25, 0.3) is 0 Å². The fraction of sp³-hybridized carbons (Fsp3) is 0.235. The number of hydrogen-bond acceptors (Lipinski definition) is 2. The van der Waals surface area contributed by atoms with Gasteiger partial charge in [-0.25, -0.2) is 4.98 Å². The molecule has 108 valence electrons. The largest absolute Gasteiger partial charge is 0.399 e. The quantitative estimate of drug-likeness (QED) is 0.689. The van der Waals surface area contributed by atoms with Crippen molar-refractivity contribution in [2.45, 2.75) is 26.8 Å². The number of anilines is 1. The average molecular weight is 300 g/mol. The number of nitrogens with two attached hydrogens (primary N) is 1. The Bertz CT molecular complexity index is 818. The molecule has 0 fully saturated rings. The highest BCUT2D eigenvalue weighted by Gasteiger charge is 2.18. The van der Waals surface area contributed by atoms with E-state index in [9.17, 15) is 0 Å². The lowest BCUT2D eigenvalue weighted by molar-refractivity contribution is 0.624. The number of aryl methyl sites for hydroxylation is 1. The third-order valence-electron chi connectivity index (χ3n) is 3.67. The molecule has 0 atom stereocenters. The second-order valence-electron chi connectivity index (χ2n) is 5.58. The van der Waals surface area contributed by atoms with Gasteiger partial charge in [-0.1, -0.05) is 17.7 Å². The van der Waals surface area contributed by atoms with Crippen molar-refractivity contribution in [3.05, 3.63) is 47.0 Å². The van der Waals surface area contributed by atoms with Crippen LogP contribution in [0.5, 0.6) is 0 Å². The molecule has 0 aliphatic heterocycles. The first kappa shape index (κ1) is 14.0. The van der Waals surface area contributed by atoms with Crippen LogP contribution in [-0.2, 0) is 0 Å². The molecule has 0 aliphatic carbocycles. The summed E-state index contributed by atoms with van der Waals surface area (Å²) >= 11 is 6.39. The van der Waals surface area contributed by atoms with Crippen LogP contribution in [0, 0.1) is 6.92 Å². The van der Waals surface area contributed by atoms with Crippen LogP contribution in [0.2, 0.25) is 5.02 Å². The second kappa shape index (κ2) is 5.08. The molecule has 0 aliphatic rings. The highest BCUT2D eigenvalue weighted by atomic mass is 35.5. The Morgan fingerprint density at radius 3 is 2.62 bits per heavy atom. The molecule has 1 aromatic heterocycles. The van der Waals surface area contributed by atoms with Crippen LogP contribution in [-0.4, -0.2) is 9.55 Å². The molecule has 0 bridgehead atoms. The van der Waals surface area contributed by atoms with Gasteiger partial charge in [0.05, 0.1) is 16.1 Å². The van der Waals surface area contributed by atoms with Crippen LogP contribution >= 0.6 is 11.6 Å². The fourth-order valence-corrected chi connectivity index (χ4v) is 3.00. The Kier molecular flexibility index (Phi) is 3.38. The average Bonchev–Trinajstić information content (AvgIpc) is 2.79. The van der Waals surface area contributed by atoms with Gasteiger partial charge in [0.15, 0.2) is 0 Å². The molecule has 1 heterocycles. The Balaban J connectivity index is 2.37. The van der Waals surface area contributed by atoms with Crippen molar-refractivity contribution in [3.8, 4) is 11.4 Å². The molecule has 4 heteroatoms. The summed E-state index contributed by atoms with van der Waals surface area (Å²) in [5.41, 5.74) is 10.7. The third-order valence-corrected chi connectivity index (χ3v) is 3.97. The Morgan fingerprint density at radius 2 is 1.95 bits per heavy atom. The van der Waals surface area contributed by atoms with Crippen molar-refractivity contribution in [3.63, 3.8) is 0 Å². The Hall–Kier alpha value is -2.00. The SMILES string of the molecule is Cc1cc(N)ccc1-c1nc2cccc(Cl)c2n1C(C)C. The van der Waals surface area contributed by atoms with Crippen LogP contribution in [0.25, 0.3) is 22.4 Å². The highest BCUT2D eigenvalue weighted by Crippen LogP contribution is 2.34. The second-order valence-corrected chi connectivity index (χ2v) is 5.99. The molecule has 0 radical (unpaired) electrons. The summed E-state index contributed by atoms with van der Waals surface area (Å²) < 4.78 is 2.19. The van der Waals surface area contributed by atoms with Crippen molar-refractivity contribution >= 4 is 28.3 Å². The summed E-state index contributed by atoms with van der Waals surface area (Å²) in [6, 6.07) is 12.0. The summed E-state index contributed by atoms with van der Waals surface area (Å²) in [4.78, 5) is 4.79. The number of benzene rings is 2. The Labute approximate surface area is 129 Å². The van der Waals surface area contributed by atoms with Crippen molar-refractivity contribution in [2.75, 3.05) is 5.73 Å². The lowest BCUT2D eigenvalue weighted by atomic mass is 10.1. The maximum absolute atomic E-state index is 6.39. The van der Waals surface area contributed by atoms with E-state index in [-0.39, 0.29) is 6.04 Å². The zero-order valence-electron chi connectivity index (χ0n) is 12.4. The fourth-order valence-electron chi connectivity index (χ4n) is 2.74. The van der Waals surface area contributed by atoms with Crippen LogP contribution in [0.4, 0.5) is 5.69 Å². The molecule has 0 saturated carbocycles. The first-order valence-corrected chi connectivity index (χ1v) is 7.39. The number of nitrogens with zero attached hydrogens (tertiary/aromatic N) is 2. The van der Waals surface area contributed by atoms with E-state index in [0.717, 1.165) is 38.7 Å². The molecule has 3 rings (SSSR count). The predicted molar refractivity (Wildman–Crippen MR) is 89.7 cm³/mol. The highest BCUT2D eigenvalue weighted by molar-refractivity contribution is 6.35. The van der Waals surface area contributed by atoms with E-state index in [1.807, 2.05) is 36.4 Å². The molecular formula is C17H18ClN3. The van der Waals surface area contributed by atoms with Crippen LogP contribution in [0.15, 0.2) is 36.4 Å². The standard InChI is InChI=1S/C17H18ClN3/c1-10(2)21-16-14(18)5-4-6-15(16)20-17(21)13-8-7-12(19)9-11(13)3/h4-10H,19H2,1-3H3. The lowest BCUT2D eigenvalue weighted by Gasteiger charge is -2.15. The minimum absolute atomic E-state index is 0.266. The van der Waals surface area contributed by atoms with Crippen molar-refractivity contribution in [1.29, 1.82) is 0 Å². The number of fused-ring (bicyclic) bond motifs is 1. The van der Waals surface area contributed by atoms with Crippen LogP contribution in [0.1, 0.15) is 25.5 Å². The van der Waals surface area contributed by atoms with E-state index < -0.39 is 0 Å². The number of hydrogen-bond donors (Lipinski definition) is 1. The summed E-state index contributed by atoms with van der Waals surface area (Å²) in [7, 11) is 0. The van der Waals surface area contributed by atoms with Crippen LogP contribution in [0.3, 0.4) is 0 Å². The van der Waals surface area contributed by atoms with Gasteiger partial charge in [-0.05, 0) is 56.7 Å².